The Morgan fingerprint density at radius 1 is 0.591 bits per heavy atom. The summed E-state index contributed by atoms with van der Waals surface area (Å²) in [5.74, 6) is 0.915. The van der Waals surface area contributed by atoms with Crippen LogP contribution in [0, 0.1) is 0 Å². The summed E-state index contributed by atoms with van der Waals surface area (Å²) in [5, 5.41) is 3.15. The molecule has 3 nitrogen and oxygen atoms in total. The minimum Gasteiger partial charge on any atom is -0.494 e. The van der Waals surface area contributed by atoms with Crippen molar-refractivity contribution in [1.29, 1.82) is 0 Å². The Morgan fingerprint density at radius 3 is 2.02 bits per heavy atom. The van der Waals surface area contributed by atoms with Gasteiger partial charge >= 0.3 is 0 Å². The van der Waals surface area contributed by atoms with Crippen LogP contribution in [0.2, 0.25) is 0 Å². The fourth-order valence-corrected chi connectivity index (χ4v) is 6.11. The van der Waals surface area contributed by atoms with Gasteiger partial charge < -0.3 is 14.0 Å². The van der Waals surface area contributed by atoms with Crippen LogP contribution in [-0.2, 0) is 4.74 Å². The maximum Gasteiger partial charge on any atom is 0.156 e. The molecule has 1 heterocycles. The first-order chi connectivity index (χ1) is 21.7. The number of unbranched alkanes of at least 4 members (excludes halogenated alkanes) is 5. The molecule has 0 aliphatic rings. The van der Waals surface area contributed by atoms with E-state index in [0.717, 1.165) is 37.5 Å². The fraction of sp³-hybridized carbons (Fsp3) is 0.225. The van der Waals surface area contributed by atoms with E-state index in [2.05, 4.69) is 126 Å². The van der Waals surface area contributed by atoms with Crippen LogP contribution in [0.15, 0.2) is 121 Å². The molecule has 5 aromatic carbocycles. The van der Waals surface area contributed by atoms with Crippen LogP contribution in [-0.4, -0.2) is 22.8 Å². The molecule has 0 unspecified atom stereocenters. The van der Waals surface area contributed by atoms with Gasteiger partial charge in [-0.05, 0) is 78.1 Å². The molecule has 0 atom stereocenters. The third kappa shape index (κ3) is 6.87. The molecule has 0 fully saturated rings. The molecule has 0 spiro atoms. The average molecular weight is 598 g/mol. The number of ether oxygens (including phenoxy) is 2. The van der Waals surface area contributed by atoms with Gasteiger partial charge in [0.25, 0.3) is 0 Å². The molecule has 0 aliphatic carbocycles. The molecule has 6 aromatic rings. The van der Waals surface area contributed by atoms with Gasteiger partial charge in [-0.2, -0.15) is 0 Å². The topological polar surface area (TPSA) is 23.4 Å². The average Bonchev–Trinajstić information content (AvgIpc) is 3.41. The maximum atomic E-state index is 6.13. The van der Waals surface area contributed by atoms with Crippen molar-refractivity contribution in [3.8, 4) is 33.7 Å². The van der Waals surface area contributed by atoms with Crippen LogP contribution in [0.25, 0.3) is 49.7 Å². The molecule has 0 saturated carbocycles. The number of aromatic nitrogens is 1. The highest BCUT2D eigenvalue weighted by Gasteiger charge is 2.16. The Balaban J connectivity index is 1.20. The SMILES string of the molecule is CC(=S)OCCCCCCCCOc1ccc(-n2c3ccccc3c3cccc(-c4cccc(-c5ccccc5)c4)c32)cc1. The van der Waals surface area contributed by atoms with Crippen LogP contribution in [0.3, 0.4) is 0 Å². The zero-order valence-corrected chi connectivity index (χ0v) is 26.2. The van der Waals surface area contributed by atoms with Gasteiger partial charge in [-0.1, -0.05) is 111 Å². The lowest BCUT2D eigenvalue weighted by molar-refractivity contribution is 0.293. The van der Waals surface area contributed by atoms with Crippen molar-refractivity contribution in [2.24, 2.45) is 0 Å². The molecule has 0 aliphatic heterocycles. The number of fused-ring (bicyclic) bond motifs is 3. The Labute approximate surface area is 266 Å². The van der Waals surface area contributed by atoms with Gasteiger partial charge in [0, 0.05) is 28.9 Å². The van der Waals surface area contributed by atoms with Crippen LogP contribution in [0.5, 0.6) is 5.75 Å². The summed E-state index contributed by atoms with van der Waals surface area (Å²) < 4.78 is 13.9. The van der Waals surface area contributed by atoms with Crippen molar-refractivity contribution < 1.29 is 9.47 Å². The lowest BCUT2D eigenvalue weighted by atomic mass is 9.97. The molecule has 222 valence electrons. The number of hydrogen-bond donors (Lipinski definition) is 0. The Bertz CT molecular complexity index is 1840. The molecular formula is C40H39NO2S. The molecule has 0 bridgehead atoms. The van der Waals surface area contributed by atoms with E-state index >= 15 is 0 Å². The molecule has 0 saturated heterocycles. The second-order valence-electron chi connectivity index (χ2n) is 11.3. The van der Waals surface area contributed by atoms with Crippen molar-refractivity contribution in [1.82, 2.24) is 4.57 Å². The molecule has 6 rings (SSSR count). The largest absolute Gasteiger partial charge is 0.494 e. The molecule has 0 N–H and O–H groups in total. The maximum absolute atomic E-state index is 6.13. The smallest absolute Gasteiger partial charge is 0.156 e. The monoisotopic (exact) mass is 597 g/mol. The number of nitrogens with zero attached hydrogens (tertiary/aromatic N) is 1. The second-order valence-corrected chi connectivity index (χ2v) is 11.9. The quantitative estimate of drug-likeness (QED) is 0.0977. The Hall–Kier alpha value is -4.41. The van der Waals surface area contributed by atoms with E-state index in [-0.39, 0.29) is 0 Å². The summed E-state index contributed by atoms with van der Waals surface area (Å²) in [6, 6.07) is 43.4. The minimum absolute atomic E-state index is 0.639. The third-order valence-corrected chi connectivity index (χ3v) is 8.30. The standard InChI is InChI=1S/C40H39NO2S/c1-30(44)42-27-11-4-2-3-5-12-28-43-35-25-23-34(24-26-35)41-39-22-10-9-19-37(39)38-21-14-20-36(40(38)41)33-18-13-17-32(29-33)31-15-7-6-8-16-31/h6-10,13-26,29H,2-5,11-12,27-28H2,1H3. The highest BCUT2D eigenvalue weighted by atomic mass is 32.1. The zero-order chi connectivity index (χ0) is 30.1. The van der Waals surface area contributed by atoms with Crippen molar-refractivity contribution in [3.63, 3.8) is 0 Å². The number of benzene rings is 5. The summed E-state index contributed by atoms with van der Waals surface area (Å²) >= 11 is 4.95. The fourth-order valence-electron chi connectivity index (χ4n) is 6.03. The van der Waals surface area contributed by atoms with Gasteiger partial charge in [0.1, 0.15) is 5.75 Å². The first kappa shape index (κ1) is 29.7. The molecular weight excluding hydrogens is 559 g/mol. The first-order valence-electron chi connectivity index (χ1n) is 15.7. The summed E-state index contributed by atoms with van der Waals surface area (Å²) in [7, 11) is 0. The van der Waals surface area contributed by atoms with E-state index in [1.54, 1.807) is 0 Å². The predicted molar refractivity (Wildman–Crippen MR) is 189 cm³/mol. The summed E-state index contributed by atoms with van der Waals surface area (Å²) in [5.41, 5.74) is 8.42. The highest BCUT2D eigenvalue weighted by molar-refractivity contribution is 7.80. The molecule has 0 radical (unpaired) electrons. The summed E-state index contributed by atoms with van der Waals surface area (Å²) in [4.78, 5) is 0. The summed E-state index contributed by atoms with van der Waals surface area (Å²) in [6.45, 7) is 3.31. The third-order valence-electron chi connectivity index (χ3n) is 8.18. The van der Waals surface area contributed by atoms with E-state index in [1.807, 2.05) is 6.92 Å². The Morgan fingerprint density at radius 2 is 1.23 bits per heavy atom. The van der Waals surface area contributed by atoms with Gasteiger partial charge in [-0.25, -0.2) is 0 Å². The number of thiocarbonyl (C=S) groups is 1. The highest BCUT2D eigenvalue weighted by Crippen LogP contribution is 2.39. The lowest BCUT2D eigenvalue weighted by Gasteiger charge is -2.13. The molecule has 1 aromatic heterocycles. The molecule has 0 amide bonds. The zero-order valence-electron chi connectivity index (χ0n) is 25.4. The number of para-hydroxylation sites is 2. The van der Waals surface area contributed by atoms with E-state index < -0.39 is 0 Å². The van der Waals surface area contributed by atoms with Gasteiger partial charge in [-0.15, -0.1) is 0 Å². The molecule has 4 heteroatoms. The van der Waals surface area contributed by atoms with E-state index in [1.165, 1.54) is 69.7 Å². The van der Waals surface area contributed by atoms with Crippen LogP contribution in [0.1, 0.15) is 45.4 Å². The van der Waals surface area contributed by atoms with Gasteiger partial charge in [0.2, 0.25) is 0 Å². The van der Waals surface area contributed by atoms with Gasteiger partial charge in [0.05, 0.1) is 24.2 Å². The normalized spacial score (nSPS) is 11.2. The van der Waals surface area contributed by atoms with Crippen LogP contribution < -0.4 is 4.74 Å². The summed E-state index contributed by atoms with van der Waals surface area (Å²) in [6.07, 6.45) is 6.96. The van der Waals surface area contributed by atoms with Crippen molar-refractivity contribution in [3.05, 3.63) is 121 Å². The van der Waals surface area contributed by atoms with Crippen LogP contribution >= 0.6 is 12.2 Å². The Kier molecular flexibility index (Phi) is 9.69. The van der Waals surface area contributed by atoms with Gasteiger partial charge in [0.15, 0.2) is 5.05 Å². The first-order valence-corrected chi connectivity index (χ1v) is 16.1. The van der Waals surface area contributed by atoms with E-state index in [0.29, 0.717) is 5.05 Å². The van der Waals surface area contributed by atoms with Crippen molar-refractivity contribution >= 4 is 39.1 Å². The number of rotatable bonds is 13. The second kappa shape index (κ2) is 14.4. The lowest BCUT2D eigenvalue weighted by Crippen LogP contribution is -1.99. The predicted octanol–water partition coefficient (Wildman–Crippen LogP) is 11.2. The van der Waals surface area contributed by atoms with E-state index in [4.69, 9.17) is 21.7 Å². The van der Waals surface area contributed by atoms with E-state index in [9.17, 15) is 0 Å². The van der Waals surface area contributed by atoms with Crippen molar-refractivity contribution in [2.45, 2.75) is 45.4 Å². The van der Waals surface area contributed by atoms with Gasteiger partial charge in [-0.3, -0.25) is 0 Å². The number of hydrogen-bond acceptors (Lipinski definition) is 3. The van der Waals surface area contributed by atoms with Crippen molar-refractivity contribution in [2.75, 3.05) is 13.2 Å². The molecule has 44 heavy (non-hydrogen) atoms. The van der Waals surface area contributed by atoms with Crippen LogP contribution in [0.4, 0.5) is 0 Å². The minimum atomic E-state index is 0.639.